The van der Waals surface area contributed by atoms with E-state index in [1.807, 2.05) is 0 Å². The van der Waals surface area contributed by atoms with Crippen LogP contribution in [0.2, 0.25) is 0 Å². The minimum Gasteiger partial charge on any atom is -0.390 e. The van der Waals surface area contributed by atoms with Crippen molar-refractivity contribution in [2.45, 2.75) is 43.7 Å². The van der Waals surface area contributed by atoms with Crippen LogP contribution in [0.1, 0.15) is 25.5 Å². The van der Waals surface area contributed by atoms with Gasteiger partial charge in [0.15, 0.2) is 11.5 Å². The first-order chi connectivity index (χ1) is 14.6. The van der Waals surface area contributed by atoms with Crippen molar-refractivity contribution in [2.75, 3.05) is 12.3 Å². The van der Waals surface area contributed by atoms with Crippen LogP contribution in [0.5, 0.6) is 0 Å². The molecule has 0 bridgehead atoms. The lowest BCUT2D eigenvalue weighted by atomic mass is 10.1. The van der Waals surface area contributed by atoms with Gasteiger partial charge in [-0.25, -0.2) is 19.5 Å². The number of anilines is 1. The maximum absolute atomic E-state index is 12.1. The zero-order valence-corrected chi connectivity index (χ0v) is 17.1. The van der Waals surface area contributed by atoms with Gasteiger partial charge in [-0.1, -0.05) is 0 Å². The van der Waals surface area contributed by atoms with E-state index in [4.69, 9.17) is 26.5 Å². The summed E-state index contributed by atoms with van der Waals surface area (Å²) in [5.74, 6) is -1.46. The van der Waals surface area contributed by atoms with Crippen LogP contribution < -0.4 is 22.3 Å². The minimum atomic E-state index is -4.60. The van der Waals surface area contributed by atoms with Crippen molar-refractivity contribution in [1.82, 2.24) is 24.6 Å². The van der Waals surface area contributed by atoms with Gasteiger partial charge in [-0.15, -0.1) is 0 Å². The highest BCUT2D eigenvalue weighted by Crippen LogP contribution is 2.39. The zero-order valence-electron chi connectivity index (χ0n) is 16.2. The number of nitrogens with one attached hydrogen (secondary N) is 1. The lowest BCUT2D eigenvalue weighted by Gasteiger charge is -2.19. The van der Waals surface area contributed by atoms with E-state index >= 15 is 0 Å². The van der Waals surface area contributed by atoms with Gasteiger partial charge < -0.3 is 31.9 Å². The lowest BCUT2D eigenvalue weighted by Crippen LogP contribution is -2.40. The summed E-state index contributed by atoms with van der Waals surface area (Å²) < 4.78 is 24.3. The van der Waals surface area contributed by atoms with Crippen molar-refractivity contribution in [3.63, 3.8) is 0 Å². The number of primary amides is 1. The molecule has 0 aromatic carbocycles. The number of fused-ring (bicyclic) bond motifs is 1. The Morgan fingerprint density at radius 1 is 1.42 bits per heavy atom. The Labute approximate surface area is 175 Å². The number of rotatable bonds is 9. The number of aliphatic hydroxyl groups is 1. The fraction of sp³-hybridized carbons (Fsp3) is 0.533. The van der Waals surface area contributed by atoms with Crippen LogP contribution in [0, 0.1) is 0 Å². The molecule has 0 spiro atoms. The molecule has 16 heteroatoms. The van der Waals surface area contributed by atoms with Crippen molar-refractivity contribution in [3.8, 4) is 0 Å². The fourth-order valence-corrected chi connectivity index (χ4v) is 3.83. The molecule has 31 heavy (non-hydrogen) atoms. The SMILES string of the molecule is NC(=O)CC[C@H](N)C(=O)NP(=O)(O)OC[C@H]1O[C@@H](n2cnc3c(N)ncnc32)C[C@@H]1O. The van der Waals surface area contributed by atoms with Gasteiger partial charge in [0.25, 0.3) is 0 Å². The summed E-state index contributed by atoms with van der Waals surface area (Å²) in [6, 6.07) is -1.22. The summed E-state index contributed by atoms with van der Waals surface area (Å²) >= 11 is 0. The molecule has 1 unspecified atom stereocenters. The third kappa shape index (κ3) is 5.52. The maximum Gasteiger partial charge on any atom is 0.432 e. The van der Waals surface area contributed by atoms with Crippen molar-refractivity contribution in [2.24, 2.45) is 11.5 Å². The molecular formula is C15H23N8O7P. The first-order valence-electron chi connectivity index (χ1n) is 9.17. The molecule has 0 aliphatic carbocycles. The molecule has 3 rings (SSSR count). The molecule has 5 atom stereocenters. The number of ether oxygens (including phenoxy) is 1. The Bertz CT molecular complexity index is 1020. The highest BCUT2D eigenvalue weighted by Gasteiger charge is 2.38. The highest BCUT2D eigenvalue weighted by atomic mass is 31.2. The second-order valence-electron chi connectivity index (χ2n) is 6.92. The summed E-state index contributed by atoms with van der Waals surface area (Å²) in [6.45, 7) is -0.494. The minimum absolute atomic E-state index is 0.0970. The Balaban J connectivity index is 1.56. The van der Waals surface area contributed by atoms with Gasteiger partial charge in [0.05, 0.1) is 25.1 Å². The molecule has 1 fully saturated rings. The van der Waals surface area contributed by atoms with E-state index in [-0.39, 0.29) is 25.1 Å². The normalized spacial score (nSPS) is 24.0. The van der Waals surface area contributed by atoms with Crippen LogP contribution in [0.25, 0.3) is 11.2 Å². The predicted molar refractivity (Wildman–Crippen MR) is 105 cm³/mol. The van der Waals surface area contributed by atoms with E-state index in [0.717, 1.165) is 0 Å². The number of nitrogens with two attached hydrogens (primary N) is 3. The smallest absolute Gasteiger partial charge is 0.390 e. The molecule has 15 nitrogen and oxygen atoms in total. The first-order valence-corrected chi connectivity index (χ1v) is 10.7. The molecule has 0 radical (unpaired) electrons. The van der Waals surface area contributed by atoms with Crippen LogP contribution in [0.4, 0.5) is 5.82 Å². The molecule has 1 saturated heterocycles. The molecule has 170 valence electrons. The van der Waals surface area contributed by atoms with Crippen molar-refractivity contribution < 1.29 is 33.4 Å². The van der Waals surface area contributed by atoms with Gasteiger partial charge >= 0.3 is 7.75 Å². The maximum atomic E-state index is 12.1. The number of nitrogens with zero attached hydrogens (tertiary/aromatic N) is 4. The van der Waals surface area contributed by atoms with Gasteiger partial charge in [0.2, 0.25) is 11.8 Å². The topological polar surface area (TPSA) is 244 Å². The standard InChI is InChI=1S/C15H23N8O7P/c16-7(1-2-10(17)25)15(26)22-31(27,28)29-4-9-8(24)3-11(30-9)23-6-21-12-13(18)19-5-20-14(12)23/h5-9,11,24H,1-4,16H2,(H2,17,25)(H2,18,19,20)(H2,22,26,27,28)/t7-,8-,9+,11+/m0/s1. The number of carbonyl (C=O) groups excluding carboxylic acids is 2. The third-order valence-electron chi connectivity index (χ3n) is 4.61. The number of imidazole rings is 1. The predicted octanol–water partition coefficient (Wildman–Crippen LogP) is -2.12. The van der Waals surface area contributed by atoms with E-state index < -0.39 is 50.6 Å². The molecule has 1 aliphatic heterocycles. The number of aromatic nitrogens is 4. The van der Waals surface area contributed by atoms with Gasteiger partial charge in [0, 0.05) is 12.8 Å². The summed E-state index contributed by atoms with van der Waals surface area (Å²) in [5.41, 5.74) is 17.0. The second kappa shape index (κ2) is 9.21. The number of hydrogen-bond acceptors (Lipinski definition) is 11. The molecule has 2 amide bonds. The molecule has 3 heterocycles. The molecule has 0 saturated carbocycles. The van der Waals surface area contributed by atoms with Gasteiger partial charge in [0.1, 0.15) is 24.2 Å². The first kappa shape index (κ1) is 23.0. The van der Waals surface area contributed by atoms with E-state index in [0.29, 0.717) is 11.2 Å². The van der Waals surface area contributed by atoms with E-state index in [1.54, 1.807) is 9.65 Å². The largest absolute Gasteiger partial charge is 0.432 e. The summed E-state index contributed by atoms with van der Waals surface area (Å²) in [7, 11) is -4.60. The van der Waals surface area contributed by atoms with Crippen LogP contribution >= 0.6 is 7.75 Å². The van der Waals surface area contributed by atoms with Crippen molar-refractivity contribution >= 4 is 36.5 Å². The lowest BCUT2D eigenvalue weighted by molar-refractivity contribution is -0.121. The Morgan fingerprint density at radius 3 is 2.87 bits per heavy atom. The van der Waals surface area contributed by atoms with E-state index in [2.05, 4.69) is 15.0 Å². The Kier molecular flexibility index (Phi) is 6.83. The highest BCUT2D eigenvalue weighted by molar-refractivity contribution is 7.51. The summed E-state index contributed by atoms with van der Waals surface area (Å²) in [6.07, 6.45) is -0.116. The number of nitrogen functional groups attached to an aromatic ring is 1. The van der Waals surface area contributed by atoms with Gasteiger partial charge in [-0.05, 0) is 6.42 Å². The van der Waals surface area contributed by atoms with Crippen LogP contribution in [-0.2, 0) is 23.4 Å². The summed E-state index contributed by atoms with van der Waals surface area (Å²) in [4.78, 5) is 44.5. The summed E-state index contributed by atoms with van der Waals surface area (Å²) in [5, 5.41) is 12.0. The average Bonchev–Trinajstić information content (AvgIpc) is 3.28. The number of amides is 2. The molecular weight excluding hydrogens is 435 g/mol. The molecule has 2 aromatic heterocycles. The number of carbonyl (C=O) groups is 2. The second-order valence-corrected chi connectivity index (χ2v) is 8.44. The fourth-order valence-electron chi connectivity index (χ4n) is 2.97. The van der Waals surface area contributed by atoms with Crippen LogP contribution in [-0.4, -0.2) is 66.2 Å². The average molecular weight is 458 g/mol. The van der Waals surface area contributed by atoms with Gasteiger partial charge in [-0.2, -0.15) is 0 Å². The van der Waals surface area contributed by atoms with Crippen molar-refractivity contribution in [1.29, 1.82) is 0 Å². The quantitative estimate of drug-likeness (QED) is 0.221. The molecule has 1 aliphatic rings. The number of aliphatic hydroxyl groups excluding tert-OH is 1. The number of hydrogen-bond donors (Lipinski definition) is 6. The molecule has 2 aromatic rings. The van der Waals surface area contributed by atoms with E-state index in [9.17, 15) is 24.2 Å². The third-order valence-corrected chi connectivity index (χ3v) is 5.61. The Hall–Kier alpha value is -2.68. The Morgan fingerprint density at radius 2 is 2.16 bits per heavy atom. The van der Waals surface area contributed by atoms with Gasteiger partial charge in [-0.3, -0.25) is 23.8 Å². The van der Waals surface area contributed by atoms with Crippen molar-refractivity contribution in [3.05, 3.63) is 12.7 Å². The zero-order chi connectivity index (χ0) is 22.8. The monoisotopic (exact) mass is 458 g/mol. The van der Waals surface area contributed by atoms with Crippen LogP contribution in [0.15, 0.2) is 12.7 Å². The van der Waals surface area contributed by atoms with E-state index in [1.165, 1.54) is 12.7 Å². The molecule has 9 N–H and O–H groups in total. The van der Waals surface area contributed by atoms with Crippen LogP contribution in [0.3, 0.4) is 0 Å².